The monoisotopic (exact) mass is 243 g/mol. The molecule has 0 spiro atoms. The Balaban J connectivity index is 2.15. The molecule has 0 saturated carbocycles. The lowest BCUT2D eigenvalue weighted by atomic mass is 9.91. The summed E-state index contributed by atoms with van der Waals surface area (Å²) >= 11 is 0. The van der Waals surface area contributed by atoms with Crippen molar-refractivity contribution in [2.45, 2.75) is 6.42 Å². The Morgan fingerprint density at radius 1 is 0.895 bits per heavy atom. The standard InChI is InChI=1S/C15H10BN3/c16-19-14-3-1-10(8-17)5-12(14)7-13-6-11(9-18)2-4-15(13)19/h1-6H,7,16H2. The smallest absolute Gasteiger partial charge is 0.223 e. The van der Waals surface area contributed by atoms with E-state index >= 15 is 0 Å². The van der Waals surface area contributed by atoms with E-state index in [9.17, 15) is 0 Å². The second-order valence-corrected chi connectivity index (χ2v) is 4.65. The van der Waals surface area contributed by atoms with E-state index in [0.29, 0.717) is 11.1 Å². The van der Waals surface area contributed by atoms with Crippen LogP contribution in [0.4, 0.5) is 11.4 Å². The fraction of sp³-hybridized carbons (Fsp3) is 0.0667. The van der Waals surface area contributed by atoms with Crippen molar-refractivity contribution in [3.05, 3.63) is 58.7 Å². The van der Waals surface area contributed by atoms with E-state index in [1.165, 1.54) is 0 Å². The van der Waals surface area contributed by atoms with Gasteiger partial charge in [-0.1, -0.05) is 0 Å². The molecule has 0 amide bonds. The summed E-state index contributed by atoms with van der Waals surface area (Å²) in [5.41, 5.74) is 5.85. The van der Waals surface area contributed by atoms with Crippen LogP contribution in [0.1, 0.15) is 22.3 Å². The molecular weight excluding hydrogens is 233 g/mol. The van der Waals surface area contributed by atoms with Crippen LogP contribution in [0.5, 0.6) is 0 Å². The van der Waals surface area contributed by atoms with E-state index in [-0.39, 0.29) is 0 Å². The predicted molar refractivity (Wildman–Crippen MR) is 75.8 cm³/mol. The van der Waals surface area contributed by atoms with E-state index in [1.54, 1.807) is 0 Å². The summed E-state index contributed by atoms with van der Waals surface area (Å²) in [4.78, 5) is 2.11. The second kappa shape index (κ2) is 4.19. The van der Waals surface area contributed by atoms with Crippen LogP contribution in [-0.4, -0.2) is 7.98 Å². The molecule has 0 aliphatic carbocycles. The van der Waals surface area contributed by atoms with Gasteiger partial charge in [-0.25, -0.2) is 0 Å². The largest absolute Gasteiger partial charge is 0.393 e. The van der Waals surface area contributed by atoms with Crippen molar-refractivity contribution in [2.24, 2.45) is 0 Å². The summed E-state index contributed by atoms with van der Waals surface area (Å²) in [6.45, 7) is 0. The van der Waals surface area contributed by atoms with E-state index < -0.39 is 0 Å². The highest BCUT2D eigenvalue weighted by molar-refractivity contribution is 6.23. The molecule has 1 aliphatic rings. The molecule has 0 saturated heterocycles. The Hall–Kier alpha value is -2.72. The molecule has 0 bridgehead atoms. The minimum atomic E-state index is 0.673. The number of anilines is 2. The van der Waals surface area contributed by atoms with Gasteiger partial charge >= 0.3 is 0 Å². The second-order valence-electron chi connectivity index (χ2n) is 4.65. The van der Waals surface area contributed by atoms with Gasteiger partial charge in [-0.2, -0.15) is 10.5 Å². The number of hydrogen-bond acceptors (Lipinski definition) is 3. The van der Waals surface area contributed by atoms with E-state index in [4.69, 9.17) is 10.5 Å². The van der Waals surface area contributed by atoms with Gasteiger partial charge in [-0.05, 0) is 47.5 Å². The maximum atomic E-state index is 8.98. The Bertz CT molecular complexity index is 689. The number of rotatable bonds is 0. The van der Waals surface area contributed by atoms with Crippen molar-refractivity contribution in [3.8, 4) is 12.1 Å². The summed E-state index contributed by atoms with van der Waals surface area (Å²) in [6, 6.07) is 15.8. The maximum absolute atomic E-state index is 8.98. The molecule has 4 heteroatoms. The molecule has 2 aromatic rings. The molecule has 3 rings (SSSR count). The van der Waals surface area contributed by atoms with E-state index in [0.717, 1.165) is 28.9 Å². The van der Waals surface area contributed by atoms with Crippen molar-refractivity contribution in [3.63, 3.8) is 0 Å². The first-order valence-corrected chi connectivity index (χ1v) is 6.02. The molecule has 19 heavy (non-hydrogen) atoms. The molecule has 0 radical (unpaired) electrons. The Morgan fingerprint density at radius 2 is 1.37 bits per heavy atom. The van der Waals surface area contributed by atoms with E-state index in [2.05, 4.69) is 16.9 Å². The zero-order valence-electron chi connectivity index (χ0n) is 10.5. The van der Waals surface area contributed by atoms with Crippen LogP contribution in [0.2, 0.25) is 0 Å². The fourth-order valence-corrected chi connectivity index (χ4v) is 2.58. The lowest BCUT2D eigenvalue weighted by molar-refractivity contribution is 1.12. The predicted octanol–water partition coefficient (Wildman–Crippen LogP) is 2.02. The van der Waals surface area contributed by atoms with E-state index in [1.807, 2.05) is 44.4 Å². The van der Waals surface area contributed by atoms with Gasteiger partial charge in [-0.15, -0.1) is 0 Å². The van der Waals surface area contributed by atoms with Crippen LogP contribution in [0.3, 0.4) is 0 Å². The van der Waals surface area contributed by atoms with Crippen LogP contribution < -0.4 is 4.81 Å². The van der Waals surface area contributed by atoms with Crippen LogP contribution in [-0.2, 0) is 6.42 Å². The average molecular weight is 243 g/mol. The summed E-state index contributed by atoms with van der Waals surface area (Å²) in [5, 5.41) is 18.0. The highest BCUT2D eigenvalue weighted by Crippen LogP contribution is 2.37. The number of benzene rings is 2. The molecule has 0 fully saturated rings. The van der Waals surface area contributed by atoms with Crippen LogP contribution in [0.25, 0.3) is 0 Å². The Kier molecular flexibility index (Phi) is 2.51. The average Bonchev–Trinajstić information content (AvgIpc) is 2.46. The zero-order chi connectivity index (χ0) is 13.4. The highest BCUT2D eigenvalue weighted by atomic mass is 15.1. The molecule has 0 aromatic heterocycles. The number of hydrogen-bond donors (Lipinski definition) is 0. The van der Waals surface area contributed by atoms with Crippen LogP contribution in [0, 0.1) is 22.7 Å². The van der Waals surface area contributed by atoms with Gasteiger partial charge in [-0.3, -0.25) is 0 Å². The lowest BCUT2D eigenvalue weighted by Gasteiger charge is -2.31. The van der Waals surface area contributed by atoms with Crippen LogP contribution in [0.15, 0.2) is 36.4 Å². The number of nitrogens with zero attached hydrogens (tertiary/aromatic N) is 3. The molecule has 0 N–H and O–H groups in total. The van der Waals surface area contributed by atoms with Gasteiger partial charge in [0.2, 0.25) is 7.98 Å². The topological polar surface area (TPSA) is 50.8 Å². The SMILES string of the molecule is BN1c2ccc(C#N)cc2Cc2cc(C#N)ccc21. The van der Waals surface area contributed by atoms with Gasteiger partial charge < -0.3 is 4.81 Å². The Labute approximate surface area is 112 Å². The van der Waals surface area contributed by atoms with Crippen molar-refractivity contribution >= 4 is 19.4 Å². The molecule has 1 aliphatic heterocycles. The van der Waals surface area contributed by atoms with Gasteiger partial charge in [0.05, 0.1) is 23.3 Å². The van der Waals surface area contributed by atoms with Crippen LogP contribution >= 0.6 is 0 Å². The minimum Gasteiger partial charge on any atom is -0.393 e. The van der Waals surface area contributed by atoms with Crippen molar-refractivity contribution in [1.82, 2.24) is 0 Å². The molecule has 0 atom stereocenters. The number of nitriles is 2. The third-order valence-electron chi connectivity index (χ3n) is 3.52. The minimum absolute atomic E-state index is 0.673. The maximum Gasteiger partial charge on any atom is 0.223 e. The molecule has 88 valence electrons. The lowest BCUT2D eigenvalue weighted by Crippen LogP contribution is -2.20. The quantitative estimate of drug-likeness (QED) is 0.665. The first kappa shape index (κ1) is 11.4. The molecule has 3 nitrogen and oxygen atoms in total. The van der Waals surface area contributed by atoms with Gasteiger partial charge in [0.25, 0.3) is 0 Å². The summed E-state index contributed by atoms with van der Waals surface area (Å²) < 4.78 is 0. The third kappa shape index (κ3) is 1.75. The van der Waals surface area contributed by atoms with Crippen molar-refractivity contribution < 1.29 is 0 Å². The Morgan fingerprint density at radius 3 is 1.79 bits per heavy atom. The van der Waals surface area contributed by atoms with Gasteiger partial charge in [0.1, 0.15) is 0 Å². The third-order valence-corrected chi connectivity index (χ3v) is 3.52. The first-order chi connectivity index (χ1) is 9.22. The zero-order valence-corrected chi connectivity index (χ0v) is 10.5. The number of fused-ring (bicyclic) bond motifs is 2. The summed E-state index contributed by atoms with van der Waals surface area (Å²) in [7, 11) is 2.01. The first-order valence-electron chi connectivity index (χ1n) is 6.02. The summed E-state index contributed by atoms with van der Waals surface area (Å²) in [6.07, 6.45) is 0.764. The summed E-state index contributed by atoms with van der Waals surface area (Å²) in [5.74, 6) is 0. The molecule has 1 heterocycles. The highest BCUT2D eigenvalue weighted by Gasteiger charge is 2.19. The van der Waals surface area contributed by atoms with Crippen molar-refractivity contribution in [2.75, 3.05) is 4.81 Å². The van der Waals surface area contributed by atoms with Gasteiger partial charge in [0, 0.05) is 17.8 Å². The molecule has 2 aromatic carbocycles. The molecular formula is C15H10BN3. The molecule has 0 unspecified atom stereocenters. The van der Waals surface area contributed by atoms with Gasteiger partial charge in [0.15, 0.2) is 0 Å². The van der Waals surface area contributed by atoms with Crippen molar-refractivity contribution in [1.29, 1.82) is 10.5 Å². The normalized spacial score (nSPS) is 12.0. The fourth-order valence-electron chi connectivity index (χ4n) is 2.58.